The van der Waals surface area contributed by atoms with Crippen LogP contribution >= 0.6 is 0 Å². The van der Waals surface area contributed by atoms with E-state index < -0.39 is 16.7 Å². The lowest BCUT2D eigenvalue weighted by Gasteiger charge is -2.22. The maximum absolute atomic E-state index is 12.9. The van der Waals surface area contributed by atoms with Gasteiger partial charge in [0.2, 0.25) is 5.91 Å². The summed E-state index contributed by atoms with van der Waals surface area (Å²) in [6.45, 7) is 1.98. The van der Waals surface area contributed by atoms with Crippen LogP contribution in [0, 0.1) is 10.1 Å². The first-order chi connectivity index (χ1) is 13.9. The molecule has 29 heavy (non-hydrogen) atoms. The number of nitrogens with one attached hydrogen (secondary N) is 1. The van der Waals surface area contributed by atoms with Crippen molar-refractivity contribution in [3.63, 3.8) is 0 Å². The number of carbonyl (C=O) groups is 2. The van der Waals surface area contributed by atoms with Crippen LogP contribution in [0.1, 0.15) is 23.7 Å². The van der Waals surface area contributed by atoms with Gasteiger partial charge in [0.1, 0.15) is 12.3 Å². The number of para-hydroxylation sites is 2. The lowest BCUT2D eigenvalue weighted by Crippen LogP contribution is -2.38. The standard InChI is InChI=1S/C20H23N3O6/c1-4-11-22(13-19(24)21-15-7-5-6-8-17(15)28-2)20(25)14-9-10-18(29-3)16(12-14)23(26)27/h5-10,12H,4,11,13H2,1-3H3,(H,21,24). The van der Waals surface area contributed by atoms with E-state index in [1.807, 2.05) is 6.92 Å². The van der Waals surface area contributed by atoms with Gasteiger partial charge in [-0.2, -0.15) is 0 Å². The summed E-state index contributed by atoms with van der Waals surface area (Å²) in [7, 11) is 2.81. The van der Waals surface area contributed by atoms with E-state index in [1.54, 1.807) is 24.3 Å². The summed E-state index contributed by atoms with van der Waals surface area (Å²) in [6, 6.07) is 10.9. The van der Waals surface area contributed by atoms with Crippen LogP contribution in [-0.4, -0.2) is 48.9 Å². The van der Waals surface area contributed by atoms with Crippen molar-refractivity contribution in [2.24, 2.45) is 0 Å². The maximum Gasteiger partial charge on any atom is 0.311 e. The van der Waals surface area contributed by atoms with Crippen molar-refractivity contribution in [3.8, 4) is 11.5 Å². The average molecular weight is 401 g/mol. The second-order valence-electron chi connectivity index (χ2n) is 6.12. The number of hydrogen-bond acceptors (Lipinski definition) is 6. The van der Waals surface area contributed by atoms with Gasteiger partial charge in [-0.05, 0) is 30.7 Å². The van der Waals surface area contributed by atoms with Gasteiger partial charge >= 0.3 is 5.69 Å². The largest absolute Gasteiger partial charge is 0.495 e. The molecule has 0 aliphatic heterocycles. The highest BCUT2D eigenvalue weighted by molar-refractivity contribution is 6.00. The van der Waals surface area contributed by atoms with Crippen molar-refractivity contribution in [1.82, 2.24) is 4.90 Å². The molecule has 0 saturated carbocycles. The van der Waals surface area contributed by atoms with Crippen molar-refractivity contribution < 1.29 is 24.0 Å². The summed E-state index contributed by atoms with van der Waals surface area (Å²) in [5.74, 6) is -0.324. The van der Waals surface area contributed by atoms with E-state index in [2.05, 4.69) is 5.32 Å². The average Bonchev–Trinajstić information content (AvgIpc) is 2.72. The molecule has 0 saturated heterocycles. The van der Waals surface area contributed by atoms with Gasteiger partial charge in [0.15, 0.2) is 5.75 Å². The molecule has 9 heteroatoms. The number of ether oxygens (including phenoxy) is 2. The molecule has 2 rings (SSSR count). The zero-order valence-electron chi connectivity index (χ0n) is 16.5. The Labute approximate surface area is 168 Å². The minimum absolute atomic E-state index is 0.0579. The number of rotatable bonds is 9. The third-order valence-corrected chi connectivity index (χ3v) is 4.12. The number of nitro groups is 1. The van der Waals surface area contributed by atoms with Gasteiger partial charge < -0.3 is 19.7 Å². The third-order valence-electron chi connectivity index (χ3n) is 4.12. The smallest absolute Gasteiger partial charge is 0.311 e. The van der Waals surface area contributed by atoms with Gasteiger partial charge in [0.05, 0.1) is 24.8 Å². The van der Waals surface area contributed by atoms with Crippen molar-refractivity contribution in [1.29, 1.82) is 0 Å². The molecule has 0 aromatic heterocycles. The van der Waals surface area contributed by atoms with E-state index >= 15 is 0 Å². The Balaban J connectivity index is 2.20. The molecule has 2 amide bonds. The van der Waals surface area contributed by atoms with Crippen LogP contribution in [-0.2, 0) is 4.79 Å². The second kappa shape index (κ2) is 10.1. The van der Waals surface area contributed by atoms with E-state index in [-0.39, 0.29) is 23.5 Å². The van der Waals surface area contributed by atoms with Crippen LogP contribution in [0.2, 0.25) is 0 Å². The van der Waals surface area contributed by atoms with Gasteiger partial charge in [-0.1, -0.05) is 19.1 Å². The Morgan fingerprint density at radius 2 is 1.79 bits per heavy atom. The Bertz CT molecular complexity index is 900. The van der Waals surface area contributed by atoms with E-state index in [9.17, 15) is 19.7 Å². The molecule has 0 aliphatic rings. The lowest BCUT2D eigenvalue weighted by atomic mass is 10.1. The number of hydrogen-bond donors (Lipinski definition) is 1. The first-order valence-corrected chi connectivity index (χ1v) is 8.95. The molecule has 2 aromatic rings. The highest BCUT2D eigenvalue weighted by Crippen LogP contribution is 2.28. The van der Waals surface area contributed by atoms with Crippen molar-refractivity contribution in [2.75, 3.05) is 32.6 Å². The van der Waals surface area contributed by atoms with Gasteiger partial charge in [-0.15, -0.1) is 0 Å². The van der Waals surface area contributed by atoms with Crippen LogP contribution in [0.3, 0.4) is 0 Å². The zero-order valence-corrected chi connectivity index (χ0v) is 16.5. The second-order valence-corrected chi connectivity index (χ2v) is 6.12. The molecule has 0 bridgehead atoms. The molecule has 0 fully saturated rings. The Hall–Kier alpha value is -3.62. The fraction of sp³-hybridized carbons (Fsp3) is 0.300. The van der Waals surface area contributed by atoms with E-state index in [0.717, 1.165) is 6.07 Å². The monoisotopic (exact) mass is 401 g/mol. The number of anilines is 1. The first kappa shape index (κ1) is 21.7. The topological polar surface area (TPSA) is 111 Å². The Kier molecular flexibility index (Phi) is 7.53. The number of carbonyl (C=O) groups excluding carboxylic acids is 2. The van der Waals surface area contributed by atoms with Crippen LogP contribution in [0.15, 0.2) is 42.5 Å². The normalized spacial score (nSPS) is 10.2. The SMILES string of the molecule is CCCN(CC(=O)Nc1ccccc1OC)C(=O)c1ccc(OC)c([N+](=O)[O-])c1. The molecule has 0 aliphatic carbocycles. The molecule has 0 atom stereocenters. The van der Waals surface area contributed by atoms with Gasteiger partial charge in [-0.3, -0.25) is 19.7 Å². The molecule has 0 spiro atoms. The number of nitro benzene ring substituents is 1. The lowest BCUT2D eigenvalue weighted by molar-refractivity contribution is -0.385. The Morgan fingerprint density at radius 1 is 1.10 bits per heavy atom. The van der Waals surface area contributed by atoms with Crippen LogP contribution < -0.4 is 14.8 Å². The quantitative estimate of drug-likeness (QED) is 0.510. The summed E-state index contributed by atoms with van der Waals surface area (Å²) in [5.41, 5.74) is 0.285. The zero-order chi connectivity index (χ0) is 21.4. The van der Waals surface area contributed by atoms with Gasteiger partial charge in [-0.25, -0.2) is 0 Å². The van der Waals surface area contributed by atoms with Gasteiger partial charge in [0, 0.05) is 18.2 Å². The number of benzene rings is 2. The van der Waals surface area contributed by atoms with Crippen LogP contribution in [0.5, 0.6) is 11.5 Å². The minimum atomic E-state index is -0.617. The van der Waals surface area contributed by atoms with Crippen molar-refractivity contribution in [3.05, 3.63) is 58.1 Å². The highest BCUT2D eigenvalue weighted by atomic mass is 16.6. The highest BCUT2D eigenvalue weighted by Gasteiger charge is 2.23. The van der Waals surface area contributed by atoms with Crippen LogP contribution in [0.25, 0.3) is 0 Å². The number of amides is 2. The van der Waals surface area contributed by atoms with Gasteiger partial charge in [0.25, 0.3) is 5.91 Å². The molecular weight excluding hydrogens is 378 g/mol. The predicted octanol–water partition coefficient (Wildman–Crippen LogP) is 3.10. The van der Waals surface area contributed by atoms with Crippen LogP contribution in [0.4, 0.5) is 11.4 Å². The molecule has 9 nitrogen and oxygen atoms in total. The molecule has 0 heterocycles. The number of nitrogens with zero attached hydrogens (tertiary/aromatic N) is 2. The van der Waals surface area contributed by atoms with E-state index in [4.69, 9.17) is 9.47 Å². The fourth-order valence-electron chi connectivity index (χ4n) is 2.78. The van der Waals surface area contributed by atoms with Crippen molar-refractivity contribution in [2.45, 2.75) is 13.3 Å². The molecule has 1 N–H and O–H groups in total. The van der Waals surface area contributed by atoms with Crippen molar-refractivity contribution >= 4 is 23.2 Å². The molecular formula is C20H23N3O6. The molecule has 154 valence electrons. The Morgan fingerprint density at radius 3 is 2.41 bits per heavy atom. The molecule has 0 radical (unpaired) electrons. The summed E-state index contributed by atoms with van der Waals surface area (Å²) in [5, 5.41) is 13.9. The summed E-state index contributed by atoms with van der Waals surface area (Å²) < 4.78 is 10.2. The summed E-state index contributed by atoms with van der Waals surface area (Å²) in [6.07, 6.45) is 0.617. The summed E-state index contributed by atoms with van der Waals surface area (Å²) >= 11 is 0. The minimum Gasteiger partial charge on any atom is -0.495 e. The molecule has 2 aromatic carbocycles. The van der Waals surface area contributed by atoms with E-state index in [0.29, 0.717) is 24.4 Å². The fourth-order valence-corrected chi connectivity index (χ4v) is 2.78. The van der Waals surface area contributed by atoms with E-state index in [1.165, 1.54) is 31.3 Å². The number of methoxy groups -OCH3 is 2. The first-order valence-electron chi connectivity index (χ1n) is 8.95. The predicted molar refractivity (Wildman–Crippen MR) is 107 cm³/mol. The molecule has 0 unspecified atom stereocenters. The maximum atomic E-state index is 12.9. The summed E-state index contributed by atoms with van der Waals surface area (Å²) in [4.78, 5) is 37.3. The third kappa shape index (κ3) is 5.44.